The minimum absolute atomic E-state index is 0.305. The van der Waals surface area contributed by atoms with Crippen molar-refractivity contribution in [3.05, 3.63) is 35.0 Å². The first-order chi connectivity index (χ1) is 15.3. The molecule has 31 heavy (non-hydrogen) atoms. The van der Waals surface area contributed by atoms with Crippen molar-refractivity contribution in [3.8, 4) is 0 Å². The first kappa shape index (κ1) is 19.8. The predicted octanol–water partition coefficient (Wildman–Crippen LogP) is 3.98. The van der Waals surface area contributed by atoms with Crippen LogP contribution in [0.3, 0.4) is 0 Å². The fourth-order valence-electron chi connectivity index (χ4n) is 7.15. The van der Waals surface area contributed by atoms with Crippen molar-refractivity contribution in [1.29, 1.82) is 0 Å². The first-order valence-corrected chi connectivity index (χ1v) is 13.1. The van der Waals surface area contributed by atoms with Gasteiger partial charge in [0.2, 0.25) is 0 Å². The number of nitrogens with one attached hydrogen (secondary N) is 1. The lowest BCUT2D eigenvalue weighted by Gasteiger charge is -2.40. The van der Waals surface area contributed by atoms with E-state index >= 15 is 0 Å². The predicted molar refractivity (Wildman–Crippen MR) is 125 cm³/mol. The maximum Gasteiger partial charge on any atom is 0.278 e. The van der Waals surface area contributed by atoms with Gasteiger partial charge in [0.25, 0.3) is 5.91 Å². The molecule has 4 nitrogen and oxygen atoms in total. The number of amides is 1. The number of quaternary nitrogens is 1. The number of hydrogen-bond acceptors (Lipinski definition) is 1. The molecule has 1 N–H and O–H groups in total. The van der Waals surface area contributed by atoms with Gasteiger partial charge in [0.05, 0.1) is 19.1 Å². The highest BCUT2D eigenvalue weighted by molar-refractivity contribution is 5.88. The maximum atomic E-state index is 13.4. The van der Waals surface area contributed by atoms with Gasteiger partial charge in [-0.1, -0.05) is 25.3 Å². The minimum Gasteiger partial charge on any atom is -0.341 e. The van der Waals surface area contributed by atoms with Crippen LogP contribution in [0.5, 0.6) is 0 Å². The highest BCUT2D eigenvalue weighted by atomic mass is 16.2. The molecule has 1 saturated carbocycles. The first-order valence-electron chi connectivity index (χ1n) is 13.1. The molecule has 0 bridgehead atoms. The van der Waals surface area contributed by atoms with Gasteiger partial charge < -0.3 is 14.4 Å². The Labute approximate surface area is 186 Å². The van der Waals surface area contributed by atoms with Gasteiger partial charge in [-0.15, -0.1) is 0 Å². The highest BCUT2D eigenvalue weighted by Crippen LogP contribution is 2.44. The van der Waals surface area contributed by atoms with Crippen LogP contribution in [0.4, 0.5) is 0 Å². The molecule has 2 aliphatic carbocycles. The van der Waals surface area contributed by atoms with E-state index in [0.717, 1.165) is 25.4 Å². The SMILES string of the molecule is O=C(C[NH+]1CCCCC1)N1CCn2c3c(c4cc(C5CCCCC5)ccc42)CCC[C@@H]31. The monoisotopic (exact) mass is 420 g/mol. The van der Waals surface area contributed by atoms with Gasteiger partial charge in [0.1, 0.15) is 0 Å². The molecular weight excluding hydrogens is 382 g/mol. The maximum absolute atomic E-state index is 13.4. The summed E-state index contributed by atoms with van der Waals surface area (Å²) in [6.45, 7) is 4.92. The standard InChI is InChI=1S/C27H37N3O/c31-26(19-28-14-5-2-6-15-28)29-16-17-30-24-13-12-21(20-8-3-1-4-9-20)18-23(24)22-10-7-11-25(29)27(22)30/h12-13,18,20,25H,1-11,14-17,19H2/p+1/t25-/m0/s1. The molecule has 166 valence electrons. The number of rotatable bonds is 3. The normalized spacial score (nSPS) is 25.0. The fourth-order valence-corrected chi connectivity index (χ4v) is 7.15. The molecule has 1 aromatic carbocycles. The topological polar surface area (TPSA) is 29.7 Å². The smallest absolute Gasteiger partial charge is 0.278 e. The molecule has 0 spiro atoms. The van der Waals surface area contributed by atoms with Crippen molar-refractivity contribution in [2.45, 2.75) is 89.1 Å². The van der Waals surface area contributed by atoms with Crippen molar-refractivity contribution in [3.63, 3.8) is 0 Å². The molecule has 2 aliphatic heterocycles. The summed E-state index contributed by atoms with van der Waals surface area (Å²) in [6.07, 6.45) is 14.4. The van der Waals surface area contributed by atoms with Crippen LogP contribution < -0.4 is 4.90 Å². The van der Waals surface area contributed by atoms with Crippen molar-refractivity contribution in [2.24, 2.45) is 0 Å². The molecule has 6 rings (SSSR count). The molecule has 1 aromatic heterocycles. The summed E-state index contributed by atoms with van der Waals surface area (Å²) in [6, 6.07) is 7.67. The zero-order chi connectivity index (χ0) is 20.8. The largest absolute Gasteiger partial charge is 0.341 e. The number of aromatic nitrogens is 1. The number of nitrogens with zero attached hydrogens (tertiary/aromatic N) is 2. The summed E-state index contributed by atoms with van der Waals surface area (Å²) in [4.78, 5) is 17.1. The Hall–Kier alpha value is -1.81. The van der Waals surface area contributed by atoms with E-state index in [1.54, 1.807) is 11.1 Å². The number of likely N-dealkylation sites (tertiary alicyclic amines) is 1. The molecule has 4 heteroatoms. The van der Waals surface area contributed by atoms with Crippen LogP contribution in [-0.4, -0.2) is 41.6 Å². The van der Waals surface area contributed by atoms with Gasteiger partial charge in [0, 0.05) is 29.7 Å². The summed E-state index contributed by atoms with van der Waals surface area (Å²) in [5, 5.41) is 1.50. The Kier molecular flexibility index (Phi) is 5.30. The number of carbonyl (C=O) groups excluding carboxylic acids is 1. The summed E-state index contributed by atoms with van der Waals surface area (Å²) in [5.41, 5.74) is 6.03. The quantitative estimate of drug-likeness (QED) is 0.800. The molecule has 3 heterocycles. The highest BCUT2D eigenvalue weighted by Gasteiger charge is 2.38. The Morgan fingerprint density at radius 2 is 1.74 bits per heavy atom. The number of fused-ring (bicyclic) bond motifs is 3. The van der Waals surface area contributed by atoms with E-state index in [1.807, 2.05) is 0 Å². The van der Waals surface area contributed by atoms with Crippen LogP contribution in [0.25, 0.3) is 10.9 Å². The lowest BCUT2D eigenvalue weighted by atomic mass is 9.83. The number of piperidine rings is 1. The Morgan fingerprint density at radius 3 is 2.58 bits per heavy atom. The molecule has 2 fully saturated rings. The number of benzene rings is 1. The average Bonchev–Trinajstić information content (AvgIpc) is 3.15. The van der Waals surface area contributed by atoms with Gasteiger partial charge >= 0.3 is 0 Å². The zero-order valence-corrected chi connectivity index (χ0v) is 19.0. The second-order valence-corrected chi connectivity index (χ2v) is 10.6. The van der Waals surface area contributed by atoms with E-state index in [-0.39, 0.29) is 0 Å². The van der Waals surface area contributed by atoms with Crippen LogP contribution in [-0.2, 0) is 17.8 Å². The van der Waals surface area contributed by atoms with E-state index in [1.165, 1.54) is 98.8 Å². The lowest BCUT2D eigenvalue weighted by molar-refractivity contribution is -0.897. The molecule has 4 aliphatic rings. The Morgan fingerprint density at radius 1 is 0.935 bits per heavy atom. The van der Waals surface area contributed by atoms with Crippen LogP contribution >= 0.6 is 0 Å². The van der Waals surface area contributed by atoms with Gasteiger partial charge in [-0.2, -0.15) is 0 Å². The van der Waals surface area contributed by atoms with E-state index in [9.17, 15) is 4.79 Å². The third-order valence-corrected chi connectivity index (χ3v) is 8.76. The van der Waals surface area contributed by atoms with E-state index in [0.29, 0.717) is 18.5 Å². The number of hydrogen-bond donors (Lipinski definition) is 1. The molecule has 1 amide bonds. The van der Waals surface area contributed by atoms with Crippen molar-refractivity contribution in [2.75, 3.05) is 26.2 Å². The van der Waals surface area contributed by atoms with Gasteiger partial charge in [-0.25, -0.2) is 0 Å². The van der Waals surface area contributed by atoms with E-state index < -0.39 is 0 Å². The molecule has 1 saturated heterocycles. The van der Waals surface area contributed by atoms with Crippen molar-refractivity contribution < 1.29 is 9.69 Å². The number of aryl methyl sites for hydroxylation is 1. The Balaban J connectivity index is 1.31. The van der Waals surface area contributed by atoms with E-state index in [2.05, 4.69) is 27.7 Å². The van der Waals surface area contributed by atoms with Crippen LogP contribution in [0.2, 0.25) is 0 Å². The third-order valence-electron chi connectivity index (χ3n) is 8.76. The van der Waals surface area contributed by atoms with Crippen molar-refractivity contribution >= 4 is 16.8 Å². The summed E-state index contributed by atoms with van der Waals surface area (Å²) in [5.74, 6) is 1.15. The molecule has 2 aromatic rings. The molecule has 0 unspecified atom stereocenters. The van der Waals surface area contributed by atoms with Gasteiger partial charge in [-0.3, -0.25) is 4.79 Å². The molecular formula is C27H38N3O+. The lowest BCUT2D eigenvalue weighted by Crippen LogP contribution is -3.13. The van der Waals surface area contributed by atoms with Crippen LogP contribution in [0.15, 0.2) is 18.2 Å². The van der Waals surface area contributed by atoms with Gasteiger partial charge in [-0.05, 0) is 80.5 Å². The summed E-state index contributed by atoms with van der Waals surface area (Å²) >= 11 is 0. The third kappa shape index (κ3) is 3.51. The average molecular weight is 421 g/mol. The Bertz CT molecular complexity index is 965. The van der Waals surface area contributed by atoms with Crippen LogP contribution in [0, 0.1) is 0 Å². The minimum atomic E-state index is 0.305. The second kappa shape index (κ2) is 8.27. The fraction of sp³-hybridized carbons (Fsp3) is 0.667. The molecule has 1 atom stereocenters. The van der Waals surface area contributed by atoms with Crippen LogP contribution in [0.1, 0.15) is 93.0 Å². The number of carbonyl (C=O) groups is 1. The summed E-state index contributed by atoms with van der Waals surface area (Å²) in [7, 11) is 0. The van der Waals surface area contributed by atoms with Gasteiger partial charge in [0.15, 0.2) is 6.54 Å². The second-order valence-electron chi connectivity index (χ2n) is 10.6. The van der Waals surface area contributed by atoms with E-state index in [4.69, 9.17) is 0 Å². The molecule has 0 radical (unpaired) electrons. The van der Waals surface area contributed by atoms with Crippen molar-refractivity contribution in [1.82, 2.24) is 9.47 Å². The zero-order valence-electron chi connectivity index (χ0n) is 19.0. The summed E-state index contributed by atoms with van der Waals surface area (Å²) < 4.78 is 2.58.